The molecule has 0 radical (unpaired) electrons. The standard InChI is InChI=1S/C31H28N4O5S/c1-21-6-5-7-24(20-21)29(37)32-25-14-10-23(11-15-25)30(38)34-35-31(41)33-28(36)22-12-16-27(17-13-22)40-19-18-39-26-8-3-2-4-9-26/h2-17,20H,18-19H2,1H3,(H,32,37)(H,34,38)(H2,33,35,36,41). The zero-order chi connectivity index (χ0) is 29.0. The Morgan fingerprint density at radius 2 is 1.24 bits per heavy atom. The molecule has 0 aliphatic carbocycles. The van der Waals surface area contributed by atoms with E-state index in [0.29, 0.717) is 41.3 Å². The minimum atomic E-state index is -0.476. The van der Waals surface area contributed by atoms with E-state index in [1.165, 1.54) is 0 Å². The van der Waals surface area contributed by atoms with Gasteiger partial charge in [-0.25, -0.2) is 0 Å². The third-order valence-corrected chi connectivity index (χ3v) is 5.89. The highest BCUT2D eigenvalue weighted by Crippen LogP contribution is 2.14. The van der Waals surface area contributed by atoms with Gasteiger partial charge in [0.25, 0.3) is 17.7 Å². The molecular weight excluding hydrogens is 540 g/mol. The molecule has 0 bridgehead atoms. The Kier molecular flexibility index (Phi) is 10.0. The lowest BCUT2D eigenvalue weighted by atomic mass is 10.1. The molecule has 4 aromatic carbocycles. The van der Waals surface area contributed by atoms with Crippen LogP contribution in [0.1, 0.15) is 36.6 Å². The molecule has 0 heterocycles. The number of benzene rings is 4. The van der Waals surface area contributed by atoms with Crippen LogP contribution in [0.3, 0.4) is 0 Å². The predicted octanol–water partition coefficient (Wildman–Crippen LogP) is 4.65. The lowest BCUT2D eigenvalue weighted by molar-refractivity contribution is 0.0934. The molecule has 0 saturated carbocycles. The fraction of sp³-hybridized carbons (Fsp3) is 0.0968. The van der Waals surface area contributed by atoms with Crippen LogP contribution >= 0.6 is 12.2 Å². The van der Waals surface area contributed by atoms with Crippen molar-refractivity contribution in [3.05, 3.63) is 125 Å². The number of ether oxygens (including phenoxy) is 2. The number of anilines is 1. The Morgan fingerprint density at radius 3 is 1.90 bits per heavy atom. The molecule has 4 aromatic rings. The van der Waals surface area contributed by atoms with Crippen LogP contribution in [0.2, 0.25) is 0 Å². The number of amides is 3. The summed E-state index contributed by atoms with van der Waals surface area (Å²) >= 11 is 5.12. The van der Waals surface area contributed by atoms with Gasteiger partial charge in [0.2, 0.25) is 0 Å². The quantitative estimate of drug-likeness (QED) is 0.132. The van der Waals surface area contributed by atoms with E-state index in [4.69, 9.17) is 21.7 Å². The summed E-state index contributed by atoms with van der Waals surface area (Å²) in [4.78, 5) is 37.4. The van der Waals surface area contributed by atoms with E-state index < -0.39 is 11.8 Å². The molecule has 0 spiro atoms. The third-order valence-electron chi connectivity index (χ3n) is 5.68. The van der Waals surface area contributed by atoms with Gasteiger partial charge in [-0.2, -0.15) is 0 Å². The summed E-state index contributed by atoms with van der Waals surface area (Å²) in [6, 6.07) is 29.6. The number of hydrogen-bond acceptors (Lipinski definition) is 6. The summed E-state index contributed by atoms with van der Waals surface area (Å²) in [6.45, 7) is 2.64. The second-order valence-electron chi connectivity index (χ2n) is 8.80. The van der Waals surface area contributed by atoms with Crippen LogP contribution < -0.4 is 31.0 Å². The number of carbonyl (C=O) groups is 3. The molecule has 0 unspecified atom stereocenters. The van der Waals surface area contributed by atoms with Crippen LogP contribution in [0.25, 0.3) is 0 Å². The van der Waals surface area contributed by atoms with Crippen LogP contribution in [-0.4, -0.2) is 36.0 Å². The van der Waals surface area contributed by atoms with Crippen molar-refractivity contribution in [1.29, 1.82) is 0 Å². The van der Waals surface area contributed by atoms with Crippen molar-refractivity contribution in [2.45, 2.75) is 6.92 Å². The van der Waals surface area contributed by atoms with Gasteiger partial charge in [-0.1, -0.05) is 35.9 Å². The van der Waals surface area contributed by atoms with E-state index in [1.807, 2.05) is 49.4 Å². The topological polar surface area (TPSA) is 118 Å². The number of carbonyl (C=O) groups excluding carboxylic acids is 3. The van der Waals surface area contributed by atoms with E-state index in [9.17, 15) is 14.4 Å². The van der Waals surface area contributed by atoms with Gasteiger partial charge in [-0.15, -0.1) is 0 Å². The predicted molar refractivity (Wildman–Crippen MR) is 160 cm³/mol. The number of aryl methyl sites for hydroxylation is 1. The largest absolute Gasteiger partial charge is 0.490 e. The maximum atomic E-state index is 12.5. The zero-order valence-electron chi connectivity index (χ0n) is 22.2. The first-order chi connectivity index (χ1) is 19.9. The second-order valence-corrected chi connectivity index (χ2v) is 9.21. The molecule has 41 heavy (non-hydrogen) atoms. The van der Waals surface area contributed by atoms with Crippen molar-refractivity contribution >= 4 is 40.7 Å². The molecule has 0 aliphatic rings. The Morgan fingerprint density at radius 1 is 0.634 bits per heavy atom. The van der Waals surface area contributed by atoms with Crippen LogP contribution in [0.5, 0.6) is 11.5 Å². The number of rotatable bonds is 9. The van der Waals surface area contributed by atoms with E-state index in [0.717, 1.165) is 11.3 Å². The van der Waals surface area contributed by atoms with Crippen molar-refractivity contribution in [2.75, 3.05) is 18.5 Å². The van der Waals surface area contributed by atoms with Crippen molar-refractivity contribution in [2.24, 2.45) is 0 Å². The fourth-order valence-electron chi connectivity index (χ4n) is 3.63. The molecule has 0 atom stereocenters. The Bertz CT molecular complexity index is 1510. The van der Waals surface area contributed by atoms with Crippen molar-refractivity contribution in [3.63, 3.8) is 0 Å². The molecule has 9 nitrogen and oxygen atoms in total. The highest BCUT2D eigenvalue weighted by atomic mass is 32.1. The van der Waals surface area contributed by atoms with Gasteiger partial charge in [0.1, 0.15) is 24.7 Å². The van der Waals surface area contributed by atoms with E-state index in [-0.39, 0.29) is 11.0 Å². The normalized spacial score (nSPS) is 10.2. The Balaban J connectivity index is 1.17. The van der Waals surface area contributed by atoms with Gasteiger partial charge in [-0.3, -0.25) is 30.6 Å². The van der Waals surface area contributed by atoms with Gasteiger partial charge < -0.3 is 14.8 Å². The molecule has 0 aliphatic heterocycles. The summed E-state index contributed by atoms with van der Waals surface area (Å²) in [6.07, 6.45) is 0. The lowest BCUT2D eigenvalue weighted by Gasteiger charge is -2.12. The van der Waals surface area contributed by atoms with Gasteiger partial charge >= 0.3 is 0 Å². The number of para-hydroxylation sites is 1. The van der Waals surface area contributed by atoms with Gasteiger partial charge in [-0.05, 0) is 91.9 Å². The van der Waals surface area contributed by atoms with Gasteiger partial charge in [0.15, 0.2) is 5.11 Å². The minimum Gasteiger partial charge on any atom is -0.490 e. The first-order valence-electron chi connectivity index (χ1n) is 12.7. The molecule has 0 fully saturated rings. The van der Waals surface area contributed by atoms with E-state index >= 15 is 0 Å². The number of hydrogen-bond donors (Lipinski definition) is 4. The maximum absolute atomic E-state index is 12.5. The molecule has 0 aromatic heterocycles. The Labute approximate surface area is 242 Å². The van der Waals surface area contributed by atoms with Crippen molar-refractivity contribution in [1.82, 2.24) is 16.2 Å². The highest BCUT2D eigenvalue weighted by molar-refractivity contribution is 7.80. The number of nitrogens with one attached hydrogen (secondary N) is 4. The molecule has 10 heteroatoms. The summed E-state index contributed by atoms with van der Waals surface area (Å²) < 4.78 is 11.2. The van der Waals surface area contributed by atoms with Crippen molar-refractivity contribution < 1.29 is 23.9 Å². The first-order valence-corrected chi connectivity index (χ1v) is 13.1. The Hall–Kier alpha value is -5.22. The van der Waals surface area contributed by atoms with Crippen molar-refractivity contribution in [3.8, 4) is 11.5 Å². The van der Waals surface area contributed by atoms with Crippen LogP contribution in [0, 0.1) is 6.92 Å². The summed E-state index contributed by atoms with van der Waals surface area (Å²) in [5, 5.41) is 5.21. The van der Waals surface area contributed by atoms with Crippen LogP contribution in [0.4, 0.5) is 5.69 Å². The van der Waals surface area contributed by atoms with E-state index in [2.05, 4.69) is 21.5 Å². The third kappa shape index (κ3) is 8.91. The highest BCUT2D eigenvalue weighted by Gasteiger charge is 2.11. The minimum absolute atomic E-state index is 0.0798. The average Bonchev–Trinajstić information content (AvgIpc) is 2.99. The molecule has 0 saturated heterocycles. The van der Waals surface area contributed by atoms with E-state index in [1.54, 1.807) is 60.7 Å². The zero-order valence-corrected chi connectivity index (χ0v) is 23.0. The second kappa shape index (κ2) is 14.2. The molecule has 3 amide bonds. The average molecular weight is 569 g/mol. The van der Waals surface area contributed by atoms with Gasteiger partial charge in [0.05, 0.1) is 0 Å². The molecular formula is C31H28N4O5S. The lowest BCUT2D eigenvalue weighted by Crippen LogP contribution is -2.48. The number of hydrazine groups is 1. The van der Waals surface area contributed by atoms with Crippen LogP contribution in [0.15, 0.2) is 103 Å². The number of thiocarbonyl (C=S) groups is 1. The fourth-order valence-corrected chi connectivity index (χ4v) is 3.77. The molecule has 4 rings (SSSR count). The monoisotopic (exact) mass is 568 g/mol. The summed E-state index contributed by atoms with van der Waals surface area (Å²) in [5.74, 6) is 0.179. The maximum Gasteiger partial charge on any atom is 0.269 e. The summed E-state index contributed by atoms with van der Waals surface area (Å²) in [5.41, 5.74) is 7.69. The summed E-state index contributed by atoms with van der Waals surface area (Å²) in [7, 11) is 0. The molecule has 4 N–H and O–H groups in total. The first kappa shape index (κ1) is 28.8. The SMILES string of the molecule is Cc1cccc(C(=O)Nc2ccc(C(=O)NNC(=S)NC(=O)c3ccc(OCCOc4ccccc4)cc3)cc2)c1. The van der Waals surface area contributed by atoms with Gasteiger partial charge in [0, 0.05) is 22.4 Å². The van der Waals surface area contributed by atoms with Crippen LogP contribution in [-0.2, 0) is 0 Å². The smallest absolute Gasteiger partial charge is 0.269 e. The molecule has 208 valence electrons.